The van der Waals surface area contributed by atoms with E-state index in [9.17, 15) is 10.2 Å². The van der Waals surface area contributed by atoms with E-state index in [0.717, 1.165) is 0 Å². The zero-order chi connectivity index (χ0) is 19.8. The monoisotopic (exact) mass is 345 g/mol. The van der Waals surface area contributed by atoms with Gasteiger partial charge in [0.15, 0.2) is 5.69 Å². The van der Waals surface area contributed by atoms with Crippen molar-refractivity contribution in [3.05, 3.63) is 60.2 Å². The first kappa shape index (κ1) is 24.4. The number of aromatic hydroxyl groups is 1. The van der Waals surface area contributed by atoms with Crippen LogP contribution < -0.4 is 0 Å². The number of rotatable bonds is 6. The third-order valence-electron chi connectivity index (χ3n) is 2.63. The molecule has 0 aromatic carbocycles. The quantitative estimate of drug-likeness (QED) is 0.293. The molecule has 0 atom stereocenters. The van der Waals surface area contributed by atoms with E-state index in [4.69, 9.17) is 0 Å². The van der Waals surface area contributed by atoms with Crippen LogP contribution in [0.3, 0.4) is 0 Å². The minimum Gasteiger partial charge on any atom is -0.506 e. The van der Waals surface area contributed by atoms with Gasteiger partial charge in [-0.25, -0.2) is 0 Å². The van der Waals surface area contributed by atoms with Gasteiger partial charge >= 0.3 is 0 Å². The molecule has 0 aliphatic rings. The van der Waals surface area contributed by atoms with Gasteiger partial charge in [0, 0.05) is 5.56 Å². The number of aromatic amines is 1. The Kier molecular flexibility index (Phi) is 14.4. The number of nitrogens with one attached hydrogen (secondary N) is 1. The van der Waals surface area contributed by atoms with Gasteiger partial charge < -0.3 is 15.2 Å². The van der Waals surface area contributed by atoms with Crippen molar-refractivity contribution in [3.8, 4) is 5.88 Å². The van der Waals surface area contributed by atoms with Crippen LogP contribution in [0.25, 0.3) is 12.2 Å². The van der Waals surface area contributed by atoms with E-state index < -0.39 is 0 Å². The van der Waals surface area contributed by atoms with Crippen molar-refractivity contribution in [2.24, 2.45) is 10.2 Å². The maximum atomic E-state index is 9.89. The van der Waals surface area contributed by atoms with Crippen molar-refractivity contribution >= 4 is 17.8 Å². The average Bonchev–Trinajstić information content (AvgIpc) is 2.94. The summed E-state index contributed by atoms with van der Waals surface area (Å²) in [6, 6.07) is 0. The second kappa shape index (κ2) is 14.8. The molecule has 0 bridgehead atoms. The molecule has 25 heavy (non-hydrogen) atoms. The Morgan fingerprint density at radius 3 is 2.16 bits per heavy atom. The summed E-state index contributed by atoms with van der Waals surface area (Å²) in [4.78, 5) is 2.79. The van der Waals surface area contributed by atoms with Crippen LogP contribution in [0.1, 0.15) is 52.8 Å². The number of aromatic nitrogens is 1. The largest absolute Gasteiger partial charge is 0.506 e. The number of aliphatic hydroxyl groups is 1. The van der Waals surface area contributed by atoms with Crippen molar-refractivity contribution in [1.82, 2.24) is 4.98 Å². The third kappa shape index (κ3) is 7.52. The van der Waals surface area contributed by atoms with Crippen molar-refractivity contribution < 1.29 is 10.2 Å². The third-order valence-corrected chi connectivity index (χ3v) is 2.63. The number of allylic oxidation sites excluding steroid dienone is 4. The van der Waals surface area contributed by atoms with Crippen LogP contribution in [0, 0.1) is 0 Å². The van der Waals surface area contributed by atoms with Crippen LogP contribution in [-0.4, -0.2) is 15.2 Å². The first-order valence-electron chi connectivity index (χ1n) is 8.39. The Labute approximate surface area is 151 Å². The van der Waals surface area contributed by atoms with Crippen molar-refractivity contribution in [1.29, 1.82) is 0 Å². The van der Waals surface area contributed by atoms with Crippen LogP contribution >= 0.6 is 0 Å². The van der Waals surface area contributed by atoms with Gasteiger partial charge in [-0.3, -0.25) is 0 Å². The molecule has 5 nitrogen and oxygen atoms in total. The van der Waals surface area contributed by atoms with E-state index in [-0.39, 0.29) is 23.0 Å². The molecule has 0 saturated heterocycles. The maximum Gasteiger partial charge on any atom is 0.218 e. The molecule has 0 radical (unpaired) electrons. The van der Waals surface area contributed by atoms with E-state index in [1.807, 2.05) is 40.7 Å². The summed E-state index contributed by atoms with van der Waals surface area (Å²) in [6.45, 7) is 18.8. The smallest absolute Gasteiger partial charge is 0.218 e. The van der Waals surface area contributed by atoms with Gasteiger partial charge in [0.25, 0.3) is 0 Å². The lowest BCUT2D eigenvalue weighted by molar-refractivity contribution is 0.421. The molecule has 0 spiro atoms. The predicted molar refractivity (Wildman–Crippen MR) is 109 cm³/mol. The normalized spacial score (nSPS) is 11.6. The first-order valence-corrected chi connectivity index (χ1v) is 8.39. The Hall–Kier alpha value is -2.82. The highest BCUT2D eigenvalue weighted by Gasteiger charge is 2.13. The molecule has 138 valence electrons. The van der Waals surface area contributed by atoms with Crippen LogP contribution in [-0.2, 0) is 0 Å². The fourth-order valence-electron chi connectivity index (χ4n) is 1.67. The molecule has 0 fully saturated rings. The Bertz CT molecular complexity index is 648. The van der Waals surface area contributed by atoms with Crippen LogP contribution in [0.4, 0.5) is 5.69 Å². The van der Waals surface area contributed by atoms with E-state index >= 15 is 0 Å². The van der Waals surface area contributed by atoms with Gasteiger partial charge in [-0.05, 0) is 26.0 Å². The molecular formula is C20H31N3O2. The predicted octanol–water partition coefficient (Wildman–Crippen LogP) is 7.06. The molecule has 0 unspecified atom stereocenters. The lowest BCUT2D eigenvalue weighted by Gasteiger charge is -1.98. The number of hydrogen-bond acceptors (Lipinski definition) is 4. The second-order valence-electron chi connectivity index (χ2n) is 4.02. The fraction of sp³-hybridized carbons (Fsp3) is 0.300. The van der Waals surface area contributed by atoms with Gasteiger partial charge in [-0.1, -0.05) is 65.2 Å². The number of aliphatic hydroxyl groups excluding tert-OH is 1. The van der Waals surface area contributed by atoms with Gasteiger partial charge in [-0.15, -0.1) is 10.2 Å². The topological polar surface area (TPSA) is 81.0 Å². The van der Waals surface area contributed by atoms with E-state index in [2.05, 4.69) is 28.4 Å². The lowest BCUT2D eigenvalue weighted by Crippen LogP contribution is -1.83. The van der Waals surface area contributed by atoms with Gasteiger partial charge in [0.2, 0.25) is 5.88 Å². The number of H-pyrrole nitrogens is 1. The van der Waals surface area contributed by atoms with Gasteiger partial charge in [0.05, 0.1) is 5.69 Å². The van der Waals surface area contributed by atoms with Crippen LogP contribution in [0.15, 0.2) is 59.1 Å². The minimum atomic E-state index is -0.107. The highest BCUT2D eigenvalue weighted by molar-refractivity contribution is 5.76. The summed E-state index contributed by atoms with van der Waals surface area (Å²) >= 11 is 0. The molecule has 0 aliphatic carbocycles. The molecule has 1 aromatic rings. The Morgan fingerprint density at radius 1 is 1.12 bits per heavy atom. The molecule has 0 aliphatic heterocycles. The summed E-state index contributed by atoms with van der Waals surface area (Å²) in [6.07, 6.45) is 9.65. The number of nitrogens with zero attached hydrogens (tertiary/aromatic N) is 2. The molecule has 1 rings (SSSR count). The fourth-order valence-corrected chi connectivity index (χ4v) is 1.67. The van der Waals surface area contributed by atoms with Crippen molar-refractivity contribution in [2.75, 3.05) is 0 Å². The van der Waals surface area contributed by atoms with Gasteiger partial charge in [0.1, 0.15) is 11.5 Å². The molecular weight excluding hydrogens is 314 g/mol. The number of hydrogen-bond donors (Lipinski definition) is 3. The molecule has 0 amide bonds. The zero-order valence-corrected chi connectivity index (χ0v) is 16.2. The summed E-state index contributed by atoms with van der Waals surface area (Å²) < 4.78 is 0. The number of azo groups is 1. The Morgan fingerprint density at radius 2 is 1.72 bits per heavy atom. The standard InChI is InChI=1S/C16H19N3O2.2C2H6/c1-5-9-13-11(7-3)15(16(21)17-13)19-18-12(8-4)14(20)10-6-2;2*1-2/h5-10,17,20-21H,2-3H2,1,4H3;2*1-2H3/b9-5-,12-8+,14-10+,19-18?;;. The lowest BCUT2D eigenvalue weighted by atomic mass is 10.2. The van der Waals surface area contributed by atoms with Gasteiger partial charge in [-0.2, -0.15) is 0 Å². The van der Waals surface area contributed by atoms with E-state index in [0.29, 0.717) is 11.3 Å². The minimum absolute atomic E-state index is 0.0555. The second-order valence-corrected chi connectivity index (χ2v) is 4.02. The first-order chi connectivity index (χ1) is 12.1. The molecule has 1 aromatic heterocycles. The van der Waals surface area contributed by atoms with Crippen molar-refractivity contribution in [3.63, 3.8) is 0 Å². The average molecular weight is 345 g/mol. The van der Waals surface area contributed by atoms with E-state index in [1.165, 1.54) is 12.2 Å². The SMILES string of the molecule is C=C/C=C(O)\C(=C/C)N=Nc1c(O)[nH]c(/C=C\C)c1C=C.CC.CC. The van der Waals surface area contributed by atoms with Crippen LogP contribution in [0.5, 0.6) is 5.88 Å². The summed E-state index contributed by atoms with van der Waals surface area (Å²) in [7, 11) is 0. The molecule has 5 heteroatoms. The summed E-state index contributed by atoms with van der Waals surface area (Å²) in [5, 5.41) is 27.6. The Balaban J connectivity index is 0. The maximum absolute atomic E-state index is 9.89. The van der Waals surface area contributed by atoms with E-state index in [1.54, 1.807) is 25.2 Å². The van der Waals surface area contributed by atoms with Crippen molar-refractivity contribution in [2.45, 2.75) is 41.5 Å². The highest BCUT2D eigenvalue weighted by atomic mass is 16.3. The zero-order valence-electron chi connectivity index (χ0n) is 16.2. The highest BCUT2D eigenvalue weighted by Crippen LogP contribution is 2.35. The molecule has 3 N–H and O–H groups in total. The summed E-state index contributed by atoms with van der Waals surface area (Å²) in [5.74, 6) is -0.163. The summed E-state index contributed by atoms with van der Waals surface area (Å²) in [5.41, 5.74) is 1.87. The molecule has 1 heterocycles. The molecule has 0 saturated carbocycles. The van der Waals surface area contributed by atoms with Crippen LogP contribution in [0.2, 0.25) is 0 Å².